The first-order chi connectivity index (χ1) is 14.3. The van der Waals surface area contributed by atoms with Gasteiger partial charge in [-0.15, -0.1) is 0 Å². The van der Waals surface area contributed by atoms with Crippen molar-refractivity contribution in [1.82, 2.24) is 0 Å². The van der Waals surface area contributed by atoms with Gasteiger partial charge in [0, 0.05) is 0 Å². The molecule has 0 radical (unpaired) electrons. The van der Waals surface area contributed by atoms with E-state index in [4.69, 9.17) is 4.74 Å². The molecule has 0 saturated carbocycles. The molecule has 0 atom stereocenters. The van der Waals surface area contributed by atoms with Crippen molar-refractivity contribution >= 4 is 48.5 Å². The van der Waals surface area contributed by atoms with Crippen LogP contribution in [0.2, 0.25) is 3.34 Å². The molecule has 3 heteroatoms. The Hall–Kier alpha value is -2.00. The summed E-state index contributed by atoms with van der Waals surface area (Å²) < 4.78 is 12.8. The van der Waals surface area contributed by atoms with Crippen molar-refractivity contribution in [2.45, 2.75) is 3.34 Å². The van der Waals surface area contributed by atoms with Gasteiger partial charge in [0.1, 0.15) is 0 Å². The number of hydrogen-bond acceptors (Lipinski definition) is 1. The topological polar surface area (TPSA) is 9.23 Å². The summed E-state index contributed by atoms with van der Waals surface area (Å²) in [6.45, 7) is 0. The van der Waals surface area contributed by atoms with E-state index in [9.17, 15) is 0 Å². The molecule has 1 nitrogen and oxygen atoms in total. The molecule has 4 aromatic rings. The molecule has 0 aliphatic rings. The van der Waals surface area contributed by atoms with Gasteiger partial charge in [-0.05, 0) is 0 Å². The Morgan fingerprint density at radius 3 is 1.55 bits per heavy atom. The summed E-state index contributed by atoms with van der Waals surface area (Å²) in [5.74, 6) is 0.948. The summed E-state index contributed by atoms with van der Waals surface area (Å²) in [6, 6.07) is 42.3. The third-order valence-electron chi connectivity index (χ3n) is 5.30. The molecule has 0 spiro atoms. The van der Waals surface area contributed by atoms with E-state index < -0.39 is 18.4 Å². The predicted molar refractivity (Wildman–Crippen MR) is 127 cm³/mol. The van der Waals surface area contributed by atoms with E-state index in [1.807, 2.05) is 6.07 Å². The van der Waals surface area contributed by atoms with E-state index in [0.29, 0.717) is 15.0 Å². The van der Waals surface area contributed by atoms with Crippen molar-refractivity contribution in [3.8, 4) is 5.75 Å². The van der Waals surface area contributed by atoms with Crippen LogP contribution in [0, 0.1) is 0 Å². The maximum absolute atomic E-state index is 5.47. The molecule has 0 fully saturated rings. The molecule has 0 aliphatic carbocycles. The monoisotopic (exact) mass is 552 g/mol. The predicted octanol–water partition coefficient (Wildman–Crippen LogP) is 3.15. The van der Waals surface area contributed by atoms with Crippen LogP contribution in [0.25, 0.3) is 0 Å². The number of hydrogen-bond donors (Lipinski definition) is 0. The first-order valence-corrected chi connectivity index (χ1v) is 18.1. The van der Waals surface area contributed by atoms with E-state index in [1.54, 1.807) is 17.8 Å². The van der Waals surface area contributed by atoms with Crippen LogP contribution in [0.3, 0.4) is 0 Å². The minimum atomic E-state index is -3.15. The molecule has 0 heterocycles. The fourth-order valence-electron chi connectivity index (χ4n) is 3.80. The Bertz CT molecular complexity index is 939. The second-order valence-corrected chi connectivity index (χ2v) is 23.6. The first-order valence-electron chi connectivity index (χ1n) is 9.76. The second kappa shape index (κ2) is 9.67. The average Bonchev–Trinajstić information content (AvgIpc) is 2.82. The van der Waals surface area contributed by atoms with Crippen LogP contribution < -0.4 is 19.9 Å². The Morgan fingerprint density at radius 1 is 0.621 bits per heavy atom. The first kappa shape index (κ1) is 20.3. The Labute approximate surface area is 183 Å². The molecular formula is C26H24OSeSn. The van der Waals surface area contributed by atoms with Crippen molar-refractivity contribution in [3.05, 3.63) is 115 Å². The van der Waals surface area contributed by atoms with Crippen molar-refractivity contribution in [3.63, 3.8) is 0 Å². The van der Waals surface area contributed by atoms with Gasteiger partial charge in [0.05, 0.1) is 0 Å². The van der Waals surface area contributed by atoms with Crippen molar-refractivity contribution in [1.29, 1.82) is 0 Å². The number of benzene rings is 4. The third kappa shape index (κ3) is 4.45. The van der Waals surface area contributed by atoms with E-state index in [2.05, 4.69) is 109 Å². The fourth-order valence-corrected chi connectivity index (χ4v) is 28.9. The second-order valence-electron chi connectivity index (χ2n) is 6.97. The molecule has 0 amide bonds. The number of ether oxygens (including phenoxy) is 1. The average molecular weight is 550 g/mol. The van der Waals surface area contributed by atoms with Crippen molar-refractivity contribution < 1.29 is 4.74 Å². The van der Waals surface area contributed by atoms with Crippen LogP contribution in [0.4, 0.5) is 0 Å². The molecule has 4 rings (SSSR count). The molecule has 0 aromatic heterocycles. The molecule has 0 aliphatic heterocycles. The SMILES string of the molecule is COc1cccc([Se][CH2][Sn]([c]2ccccc2)([c]2ccccc2)[c]2ccccc2)c1. The van der Waals surface area contributed by atoms with Gasteiger partial charge >= 0.3 is 185 Å². The van der Waals surface area contributed by atoms with Crippen LogP contribution in [0.1, 0.15) is 0 Å². The van der Waals surface area contributed by atoms with Crippen molar-refractivity contribution in [2.24, 2.45) is 0 Å². The summed E-state index contributed by atoms with van der Waals surface area (Å²) in [7, 11) is 1.74. The molecule has 0 N–H and O–H groups in total. The van der Waals surface area contributed by atoms with Gasteiger partial charge in [-0.3, -0.25) is 0 Å². The van der Waals surface area contributed by atoms with Gasteiger partial charge in [-0.2, -0.15) is 0 Å². The number of methoxy groups -OCH3 is 1. The molecule has 0 unspecified atom stereocenters. The standard InChI is InChI=1S/C8H9OSe.3C6H5.Sn/c1-9-7-4-3-5-8(6-7)10-2;3*1-2-4-6-5-3-1;/h3-6H,2H2,1H3;3*1-5H;. The molecule has 144 valence electrons. The maximum atomic E-state index is 5.47. The summed E-state index contributed by atoms with van der Waals surface area (Å²) in [4.78, 5) is 0. The normalized spacial score (nSPS) is 11.2. The van der Waals surface area contributed by atoms with Crippen LogP contribution in [-0.2, 0) is 0 Å². The van der Waals surface area contributed by atoms with Gasteiger partial charge in [0.15, 0.2) is 0 Å². The molecule has 4 aromatic carbocycles. The van der Waals surface area contributed by atoms with Gasteiger partial charge in [-0.1, -0.05) is 0 Å². The van der Waals surface area contributed by atoms with Crippen LogP contribution in [0.15, 0.2) is 115 Å². The molecule has 0 saturated heterocycles. The van der Waals surface area contributed by atoms with Gasteiger partial charge in [0.2, 0.25) is 0 Å². The van der Waals surface area contributed by atoms with E-state index in [1.165, 1.54) is 7.80 Å². The van der Waals surface area contributed by atoms with Gasteiger partial charge < -0.3 is 0 Å². The Kier molecular flexibility index (Phi) is 6.76. The fraction of sp³-hybridized carbons (Fsp3) is 0.0769. The van der Waals surface area contributed by atoms with Gasteiger partial charge in [-0.25, -0.2) is 0 Å². The van der Waals surface area contributed by atoms with E-state index in [-0.39, 0.29) is 0 Å². The van der Waals surface area contributed by atoms with Crippen LogP contribution in [0.5, 0.6) is 5.75 Å². The summed E-state index contributed by atoms with van der Waals surface area (Å²) in [5, 5.41) is 0. The zero-order chi connectivity index (χ0) is 19.9. The summed E-state index contributed by atoms with van der Waals surface area (Å²) in [6.07, 6.45) is 0. The van der Waals surface area contributed by atoms with E-state index >= 15 is 0 Å². The van der Waals surface area contributed by atoms with Gasteiger partial charge in [0.25, 0.3) is 0 Å². The minimum absolute atomic E-state index is 0.367. The van der Waals surface area contributed by atoms with Crippen LogP contribution >= 0.6 is 0 Å². The molecular weight excluding hydrogens is 526 g/mol. The third-order valence-corrected chi connectivity index (χ3v) is 27.6. The van der Waals surface area contributed by atoms with Crippen LogP contribution in [-0.4, -0.2) is 40.4 Å². The molecule has 0 bridgehead atoms. The quantitative estimate of drug-likeness (QED) is 0.322. The Balaban J connectivity index is 1.85. The summed E-state index contributed by atoms with van der Waals surface area (Å²) in [5.41, 5.74) is 0. The zero-order valence-electron chi connectivity index (χ0n) is 16.5. The molecule has 29 heavy (non-hydrogen) atoms. The van der Waals surface area contributed by atoms with Crippen molar-refractivity contribution in [2.75, 3.05) is 7.11 Å². The zero-order valence-corrected chi connectivity index (χ0v) is 21.1. The number of rotatable bonds is 7. The summed E-state index contributed by atoms with van der Waals surface area (Å²) >= 11 is -2.78. The Morgan fingerprint density at radius 2 is 1.10 bits per heavy atom. The van der Waals surface area contributed by atoms with E-state index in [0.717, 1.165) is 5.75 Å².